The molecule has 4 rings (SSSR count). The van der Waals surface area contributed by atoms with E-state index in [0.717, 1.165) is 10.8 Å². The lowest BCUT2D eigenvalue weighted by atomic mass is 10.1. The van der Waals surface area contributed by atoms with Gasteiger partial charge in [0.15, 0.2) is 5.70 Å². The summed E-state index contributed by atoms with van der Waals surface area (Å²) >= 11 is 0. The molecule has 0 aliphatic carbocycles. The molecule has 0 fully saturated rings. The van der Waals surface area contributed by atoms with Crippen molar-refractivity contribution in [3.05, 3.63) is 89.4 Å². The monoisotopic (exact) mass is 317 g/mol. The molecule has 0 saturated carbocycles. The van der Waals surface area contributed by atoms with Crippen molar-refractivity contribution in [3.8, 4) is 0 Å². The number of fused-ring (bicyclic) bond motifs is 1. The Morgan fingerprint density at radius 1 is 0.917 bits per heavy atom. The van der Waals surface area contributed by atoms with Crippen LogP contribution in [0.3, 0.4) is 0 Å². The van der Waals surface area contributed by atoms with Crippen LogP contribution in [-0.4, -0.2) is 11.9 Å². The van der Waals surface area contributed by atoms with Crippen LogP contribution in [0.25, 0.3) is 16.8 Å². The van der Waals surface area contributed by atoms with E-state index in [2.05, 4.69) is 4.99 Å². The van der Waals surface area contributed by atoms with Crippen molar-refractivity contribution >= 4 is 28.7 Å². The third kappa shape index (κ3) is 2.58. The number of hydrogen-bond acceptors (Lipinski definition) is 3. The van der Waals surface area contributed by atoms with E-state index in [1.165, 1.54) is 12.1 Å². The lowest BCUT2D eigenvalue weighted by molar-refractivity contribution is -0.129. The number of rotatable bonds is 2. The van der Waals surface area contributed by atoms with E-state index in [9.17, 15) is 9.18 Å². The molecule has 3 aromatic rings. The van der Waals surface area contributed by atoms with E-state index >= 15 is 0 Å². The maximum Gasteiger partial charge on any atom is 0.363 e. The van der Waals surface area contributed by atoms with E-state index in [1.54, 1.807) is 18.2 Å². The Balaban J connectivity index is 1.74. The smallest absolute Gasteiger partial charge is 0.363 e. The van der Waals surface area contributed by atoms with Gasteiger partial charge in [-0.15, -0.1) is 0 Å². The van der Waals surface area contributed by atoms with E-state index in [-0.39, 0.29) is 11.6 Å². The van der Waals surface area contributed by atoms with Crippen LogP contribution in [0.2, 0.25) is 0 Å². The molecule has 3 nitrogen and oxygen atoms in total. The molecule has 0 N–H and O–H groups in total. The molecule has 0 saturated heterocycles. The Hall–Kier alpha value is -3.27. The molecule has 1 heterocycles. The van der Waals surface area contributed by atoms with Crippen LogP contribution in [0.1, 0.15) is 11.1 Å². The molecule has 0 radical (unpaired) electrons. The molecule has 4 heteroatoms. The second kappa shape index (κ2) is 5.74. The maximum atomic E-state index is 13.7. The average molecular weight is 317 g/mol. The molecular weight excluding hydrogens is 305 g/mol. The van der Waals surface area contributed by atoms with Crippen LogP contribution in [0.15, 0.2) is 77.4 Å². The molecule has 0 aromatic heterocycles. The summed E-state index contributed by atoms with van der Waals surface area (Å²) in [6, 6.07) is 19.8. The predicted molar refractivity (Wildman–Crippen MR) is 91.0 cm³/mol. The first-order chi connectivity index (χ1) is 11.7. The molecule has 24 heavy (non-hydrogen) atoms. The normalized spacial score (nSPS) is 15.6. The van der Waals surface area contributed by atoms with Gasteiger partial charge in [-0.3, -0.25) is 0 Å². The first-order valence-electron chi connectivity index (χ1n) is 7.47. The van der Waals surface area contributed by atoms with Gasteiger partial charge in [0.2, 0.25) is 5.90 Å². The quantitative estimate of drug-likeness (QED) is 0.521. The van der Waals surface area contributed by atoms with Crippen molar-refractivity contribution in [1.82, 2.24) is 0 Å². The number of benzene rings is 3. The lowest BCUT2D eigenvalue weighted by Gasteiger charge is -2.02. The van der Waals surface area contributed by atoms with Gasteiger partial charge in [-0.1, -0.05) is 48.5 Å². The van der Waals surface area contributed by atoms with Gasteiger partial charge in [-0.25, -0.2) is 14.2 Å². The molecule has 0 unspecified atom stereocenters. The fourth-order valence-electron chi connectivity index (χ4n) is 2.59. The molecule has 0 spiro atoms. The van der Waals surface area contributed by atoms with E-state index in [4.69, 9.17) is 4.74 Å². The lowest BCUT2D eigenvalue weighted by Crippen LogP contribution is -2.05. The van der Waals surface area contributed by atoms with Gasteiger partial charge in [0, 0.05) is 11.1 Å². The molecule has 0 amide bonds. The average Bonchev–Trinajstić information content (AvgIpc) is 2.97. The van der Waals surface area contributed by atoms with Crippen LogP contribution < -0.4 is 0 Å². The number of esters is 1. The Morgan fingerprint density at radius 2 is 1.67 bits per heavy atom. The van der Waals surface area contributed by atoms with E-state index in [1.807, 2.05) is 42.5 Å². The minimum atomic E-state index is -0.582. The number of ether oxygens (including phenoxy) is 1. The molecular formula is C20H12FNO2. The first-order valence-corrected chi connectivity index (χ1v) is 7.47. The molecule has 3 aromatic carbocycles. The molecule has 1 aliphatic rings. The Labute approximate surface area is 137 Å². The van der Waals surface area contributed by atoms with Crippen molar-refractivity contribution in [3.63, 3.8) is 0 Å². The van der Waals surface area contributed by atoms with Crippen LogP contribution in [0, 0.1) is 5.82 Å². The zero-order valence-corrected chi connectivity index (χ0v) is 12.6. The first kappa shape index (κ1) is 14.3. The highest BCUT2D eigenvalue weighted by Gasteiger charge is 2.24. The fourth-order valence-corrected chi connectivity index (χ4v) is 2.59. The third-order valence-electron chi connectivity index (χ3n) is 3.81. The van der Waals surface area contributed by atoms with Gasteiger partial charge in [0.05, 0.1) is 0 Å². The number of aliphatic imine (C=N–C) groups is 1. The summed E-state index contributed by atoms with van der Waals surface area (Å²) in [5.41, 5.74) is 1.09. The second-order valence-corrected chi connectivity index (χ2v) is 5.42. The van der Waals surface area contributed by atoms with E-state index < -0.39 is 11.8 Å². The zero-order valence-electron chi connectivity index (χ0n) is 12.6. The van der Waals surface area contributed by atoms with Gasteiger partial charge in [-0.05, 0) is 35.0 Å². The van der Waals surface area contributed by atoms with Gasteiger partial charge in [-0.2, -0.15) is 0 Å². The summed E-state index contributed by atoms with van der Waals surface area (Å²) in [6.45, 7) is 0. The molecule has 0 bridgehead atoms. The fraction of sp³-hybridized carbons (Fsp3) is 0. The van der Waals surface area contributed by atoms with Gasteiger partial charge in [0.1, 0.15) is 5.82 Å². The van der Waals surface area contributed by atoms with Crippen molar-refractivity contribution in [2.45, 2.75) is 0 Å². The molecule has 116 valence electrons. The second-order valence-electron chi connectivity index (χ2n) is 5.42. The van der Waals surface area contributed by atoms with Crippen molar-refractivity contribution < 1.29 is 13.9 Å². The van der Waals surface area contributed by atoms with Crippen molar-refractivity contribution in [2.75, 3.05) is 0 Å². The molecule has 1 aliphatic heterocycles. The van der Waals surface area contributed by atoms with Gasteiger partial charge in [0.25, 0.3) is 0 Å². The summed E-state index contributed by atoms with van der Waals surface area (Å²) in [5, 5.41) is 2.12. The number of hydrogen-bond donors (Lipinski definition) is 0. The topological polar surface area (TPSA) is 38.7 Å². The number of nitrogens with zero attached hydrogens (tertiary/aromatic N) is 1. The summed E-state index contributed by atoms with van der Waals surface area (Å²) in [6.07, 6.45) is 1.39. The largest absolute Gasteiger partial charge is 0.402 e. The van der Waals surface area contributed by atoms with Crippen LogP contribution >= 0.6 is 0 Å². The Morgan fingerprint density at radius 3 is 2.50 bits per heavy atom. The third-order valence-corrected chi connectivity index (χ3v) is 3.81. The van der Waals surface area contributed by atoms with Crippen LogP contribution in [0.4, 0.5) is 4.39 Å². The van der Waals surface area contributed by atoms with Gasteiger partial charge >= 0.3 is 5.97 Å². The highest BCUT2D eigenvalue weighted by Crippen LogP contribution is 2.22. The number of halogens is 1. The van der Waals surface area contributed by atoms with Gasteiger partial charge < -0.3 is 4.74 Å². The summed E-state index contributed by atoms with van der Waals surface area (Å²) < 4.78 is 19.0. The standard InChI is InChI=1S/C20H12FNO2/c21-17-8-4-3-7-15(17)12-18-20(23)24-19(22-18)16-10-9-13-5-1-2-6-14(13)11-16/h1-12H/b18-12-. The maximum absolute atomic E-state index is 13.7. The highest BCUT2D eigenvalue weighted by molar-refractivity contribution is 6.13. The SMILES string of the molecule is O=C1OC(c2ccc3ccccc3c2)=N/C1=C\c1ccccc1F. The number of carbonyl (C=O) groups is 1. The number of carbonyl (C=O) groups excluding carboxylic acids is 1. The van der Waals surface area contributed by atoms with Crippen LogP contribution in [0.5, 0.6) is 0 Å². The van der Waals surface area contributed by atoms with E-state index in [0.29, 0.717) is 11.1 Å². The van der Waals surface area contributed by atoms with Crippen LogP contribution in [-0.2, 0) is 9.53 Å². The zero-order chi connectivity index (χ0) is 16.5. The summed E-state index contributed by atoms with van der Waals surface area (Å²) in [5.74, 6) is -0.762. The van der Waals surface area contributed by atoms with Crippen molar-refractivity contribution in [1.29, 1.82) is 0 Å². The summed E-state index contributed by atoms with van der Waals surface area (Å²) in [4.78, 5) is 16.2. The minimum Gasteiger partial charge on any atom is -0.402 e. The number of cyclic esters (lactones) is 1. The summed E-state index contributed by atoms with van der Waals surface area (Å²) in [7, 11) is 0. The Kier molecular flexibility index (Phi) is 3.43. The molecule has 0 atom stereocenters. The Bertz CT molecular complexity index is 1020. The van der Waals surface area contributed by atoms with Crippen molar-refractivity contribution in [2.24, 2.45) is 4.99 Å². The predicted octanol–water partition coefficient (Wildman–Crippen LogP) is 4.32. The highest BCUT2D eigenvalue weighted by atomic mass is 19.1. The minimum absolute atomic E-state index is 0.0864.